The van der Waals surface area contributed by atoms with Gasteiger partial charge in [-0.05, 0) is 51.5 Å². The first kappa shape index (κ1) is 21.6. The number of amides is 1. The number of aromatic nitrogens is 2. The van der Waals surface area contributed by atoms with E-state index in [4.69, 9.17) is 0 Å². The second-order valence-electron chi connectivity index (χ2n) is 8.15. The van der Waals surface area contributed by atoms with Crippen LogP contribution in [0.1, 0.15) is 38.1 Å². The zero-order valence-electron chi connectivity index (χ0n) is 17.6. The molecule has 1 amide bonds. The van der Waals surface area contributed by atoms with Crippen molar-refractivity contribution < 1.29 is 14.3 Å². The predicted octanol–water partition coefficient (Wildman–Crippen LogP) is 3.96. The summed E-state index contributed by atoms with van der Waals surface area (Å²) >= 11 is 0. The minimum absolute atomic E-state index is 0.0643. The highest BCUT2D eigenvalue weighted by molar-refractivity contribution is 6.07. The van der Waals surface area contributed by atoms with Crippen molar-refractivity contribution in [1.29, 1.82) is 0 Å². The molecule has 1 aromatic carbocycles. The van der Waals surface area contributed by atoms with E-state index in [9.17, 15) is 14.3 Å². The Kier molecular flexibility index (Phi) is 6.31. The van der Waals surface area contributed by atoms with Crippen molar-refractivity contribution in [2.45, 2.75) is 45.5 Å². The molecule has 0 radical (unpaired) electrons. The van der Waals surface area contributed by atoms with Gasteiger partial charge < -0.3 is 15.7 Å². The minimum atomic E-state index is -1.59. The van der Waals surface area contributed by atoms with Crippen LogP contribution in [0.3, 0.4) is 0 Å². The van der Waals surface area contributed by atoms with Crippen molar-refractivity contribution >= 4 is 22.5 Å². The largest absolute Gasteiger partial charge is 0.387 e. The van der Waals surface area contributed by atoms with Crippen LogP contribution in [0.5, 0.6) is 0 Å². The van der Waals surface area contributed by atoms with Crippen LogP contribution in [0.15, 0.2) is 48.9 Å². The maximum absolute atomic E-state index is 14.1. The third-order valence-corrected chi connectivity index (χ3v) is 4.75. The van der Waals surface area contributed by atoms with Crippen LogP contribution in [0.25, 0.3) is 22.0 Å². The van der Waals surface area contributed by atoms with Gasteiger partial charge in [0.2, 0.25) is 0 Å². The van der Waals surface area contributed by atoms with Crippen molar-refractivity contribution in [3.63, 3.8) is 0 Å². The van der Waals surface area contributed by atoms with Gasteiger partial charge in [-0.25, -0.2) is 4.39 Å². The van der Waals surface area contributed by atoms with Gasteiger partial charge in [0.25, 0.3) is 5.91 Å². The number of pyridine rings is 2. The molecule has 0 spiro atoms. The van der Waals surface area contributed by atoms with Gasteiger partial charge >= 0.3 is 0 Å². The molecule has 2 heterocycles. The van der Waals surface area contributed by atoms with Gasteiger partial charge in [0.15, 0.2) is 0 Å². The third kappa shape index (κ3) is 4.91. The Hall–Kier alpha value is -3.06. The topological polar surface area (TPSA) is 87.1 Å². The summed E-state index contributed by atoms with van der Waals surface area (Å²) in [6.07, 6.45) is 3.39. The summed E-state index contributed by atoms with van der Waals surface area (Å²) in [5.74, 6) is -0.453. The summed E-state index contributed by atoms with van der Waals surface area (Å²) < 4.78 is 14.1. The number of carbonyl (C=O) groups excluding carboxylic acids is 1. The molecule has 0 aliphatic heterocycles. The number of benzene rings is 1. The van der Waals surface area contributed by atoms with Gasteiger partial charge in [-0.2, -0.15) is 0 Å². The van der Waals surface area contributed by atoms with Crippen LogP contribution in [-0.2, 0) is 0 Å². The Morgan fingerprint density at radius 3 is 2.60 bits per heavy atom. The molecule has 0 saturated heterocycles. The average molecular weight is 410 g/mol. The molecule has 158 valence electrons. The number of anilines is 1. The Morgan fingerprint density at radius 1 is 1.20 bits per heavy atom. The quantitative estimate of drug-likeness (QED) is 0.549. The number of nitrogens with zero attached hydrogens (tertiary/aromatic N) is 2. The lowest BCUT2D eigenvalue weighted by Gasteiger charge is -2.23. The number of aliphatic hydroxyl groups is 1. The van der Waals surface area contributed by atoms with Crippen molar-refractivity contribution in [2.24, 2.45) is 0 Å². The summed E-state index contributed by atoms with van der Waals surface area (Å²) in [5, 5.41) is 16.5. The maximum Gasteiger partial charge on any atom is 0.255 e. The average Bonchev–Trinajstić information content (AvgIpc) is 2.71. The lowest BCUT2D eigenvalue weighted by molar-refractivity contribution is -0.00177. The fraction of sp³-hybridized carbons (Fsp3) is 0.348. The van der Waals surface area contributed by atoms with Crippen molar-refractivity contribution in [1.82, 2.24) is 15.3 Å². The van der Waals surface area contributed by atoms with Gasteiger partial charge in [-0.15, -0.1) is 0 Å². The van der Waals surface area contributed by atoms with Crippen LogP contribution in [0.4, 0.5) is 10.1 Å². The molecule has 3 aromatic rings. The Labute approximate surface area is 175 Å². The Balaban J connectivity index is 2.02. The first-order valence-corrected chi connectivity index (χ1v) is 9.91. The number of hydrogen-bond acceptors (Lipinski definition) is 5. The molecule has 0 aliphatic rings. The molecular formula is C23H27FN4O2. The van der Waals surface area contributed by atoms with E-state index in [1.54, 1.807) is 12.4 Å². The first-order valence-electron chi connectivity index (χ1n) is 9.91. The molecule has 7 heteroatoms. The number of nitrogens with one attached hydrogen (secondary N) is 2. The Morgan fingerprint density at radius 2 is 1.97 bits per heavy atom. The van der Waals surface area contributed by atoms with Crippen LogP contribution in [-0.4, -0.2) is 45.3 Å². The smallest absolute Gasteiger partial charge is 0.255 e. The maximum atomic E-state index is 14.1. The summed E-state index contributed by atoms with van der Waals surface area (Å²) in [5.41, 5.74) is 2.07. The minimum Gasteiger partial charge on any atom is -0.387 e. The molecule has 0 bridgehead atoms. The van der Waals surface area contributed by atoms with Crippen LogP contribution in [0.2, 0.25) is 0 Å². The fourth-order valence-electron chi connectivity index (χ4n) is 3.05. The van der Waals surface area contributed by atoms with E-state index >= 15 is 0 Å². The molecule has 0 fully saturated rings. The molecule has 30 heavy (non-hydrogen) atoms. The molecule has 0 aliphatic carbocycles. The Bertz CT molecular complexity index is 1030. The van der Waals surface area contributed by atoms with Gasteiger partial charge in [0.05, 0.1) is 28.9 Å². The highest BCUT2D eigenvalue weighted by Gasteiger charge is 2.27. The second-order valence-corrected chi connectivity index (χ2v) is 8.15. The zero-order valence-corrected chi connectivity index (χ0v) is 17.6. The second kappa shape index (κ2) is 8.75. The van der Waals surface area contributed by atoms with Crippen molar-refractivity contribution in [3.8, 4) is 11.1 Å². The van der Waals surface area contributed by atoms with Crippen LogP contribution in [0, 0.1) is 0 Å². The normalized spacial score (nSPS) is 12.8. The summed E-state index contributed by atoms with van der Waals surface area (Å²) in [7, 11) is 0. The standard InChI is InChI=1S/C23H27FN4O2/c1-14(2)28-21-17-10-15(16-6-5-9-25-11-16)7-8-19(17)26-12-18(21)22(29)27-13-20(24)23(3,4)30/h5-12,14,20,30H,13H2,1-4H3,(H,26,28)(H,27,29)/t20-/m1/s1. The molecule has 6 nitrogen and oxygen atoms in total. The molecule has 0 unspecified atom stereocenters. The monoisotopic (exact) mass is 410 g/mol. The lowest BCUT2D eigenvalue weighted by Crippen LogP contribution is -2.42. The van der Waals surface area contributed by atoms with Crippen LogP contribution >= 0.6 is 0 Å². The summed E-state index contributed by atoms with van der Waals surface area (Å²) in [4.78, 5) is 21.4. The molecule has 2 aromatic heterocycles. The highest BCUT2D eigenvalue weighted by Crippen LogP contribution is 2.31. The fourth-order valence-corrected chi connectivity index (χ4v) is 3.05. The number of carbonyl (C=O) groups is 1. The first-order chi connectivity index (χ1) is 14.2. The third-order valence-electron chi connectivity index (χ3n) is 4.75. The van der Waals surface area contributed by atoms with E-state index < -0.39 is 17.7 Å². The van der Waals surface area contributed by atoms with Crippen molar-refractivity contribution in [3.05, 3.63) is 54.5 Å². The van der Waals surface area contributed by atoms with E-state index in [-0.39, 0.29) is 12.6 Å². The molecule has 0 saturated carbocycles. The number of rotatable bonds is 7. The molecule has 3 N–H and O–H groups in total. The number of fused-ring (bicyclic) bond motifs is 1. The van der Waals surface area contributed by atoms with Gasteiger partial charge in [0, 0.05) is 35.6 Å². The summed E-state index contributed by atoms with van der Waals surface area (Å²) in [6.45, 7) is 6.40. The molecular weight excluding hydrogens is 383 g/mol. The van der Waals surface area contributed by atoms with Gasteiger partial charge in [-0.3, -0.25) is 14.8 Å². The SMILES string of the molecule is CC(C)Nc1c(C(=O)NC[C@@H](F)C(C)(C)O)cnc2ccc(-c3cccnc3)cc12. The number of hydrogen-bond donors (Lipinski definition) is 3. The van der Waals surface area contributed by atoms with Crippen molar-refractivity contribution in [2.75, 3.05) is 11.9 Å². The predicted molar refractivity (Wildman–Crippen MR) is 117 cm³/mol. The summed E-state index contributed by atoms with van der Waals surface area (Å²) in [6, 6.07) is 9.72. The van der Waals surface area contributed by atoms with E-state index in [2.05, 4.69) is 20.6 Å². The number of alkyl halides is 1. The molecule has 1 atom stereocenters. The van der Waals surface area contributed by atoms with E-state index in [0.29, 0.717) is 11.3 Å². The molecule has 3 rings (SSSR count). The van der Waals surface area contributed by atoms with E-state index in [1.807, 2.05) is 44.2 Å². The highest BCUT2D eigenvalue weighted by atomic mass is 19.1. The van der Waals surface area contributed by atoms with Gasteiger partial charge in [0.1, 0.15) is 6.17 Å². The number of halogens is 1. The van der Waals surface area contributed by atoms with Crippen LogP contribution < -0.4 is 10.6 Å². The van der Waals surface area contributed by atoms with E-state index in [1.165, 1.54) is 20.0 Å². The zero-order chi connectivity index (χ0) is 21.9. The lowest BCUT2D eigenvalue weighted by atomic mass is 10.0. The van der Waals surface area contributed by atoms with Gasteiger partial charge in [-0.1, -0.05) is 12.1 Å². The van der Waals surface area contributed by atoms with E-state index in [0.717, 1.165) is 22.0 Å².